The summed E-state index contributed by atoms with van der Waals surface area (Å²) in [6, 6.07) is 6.04. The van der Waals surface area contributed by atoms with Crippen LogP contribution in [0.4, 0.5) is 0 Å². The molecule has 2 N–H and O–H groups in total. The normalized spacial score (nSPS) is 15.6. The molecule has 0 bridgehead atoms. The minimum Gasteiger partial charge on any atom is -0.486 e. The number of hydrogen-bond acceptors (Lipinski definition) is 4. The van der Waals surface area contributed by atoms with Crippen molar-refractivity contribution in [2.24, 2.45) is 0 Å². The van der Waals surface area contributed by atoms with Crippen LogP contribution in [0.15, 0.2) is 18.2 Å². The Labute approximate surface area is 102 Å². The van der Waals surface area contributed by atoms with E-state index in [-0.39, 0.29) is 6.10 Å². The van der Waals surface area contributed by atoms with E-state index < -0.39 is 0 Å². The molecule has 17 heavy (non-hydrogen) atoms. The van der Waals surface area contributed by atoms with Gasteiger partial charge in [0.25, 0.3) is 0 Å². The molecule has 0 fully saturated rings. The maximum Gasteiger partial charge on any atom is 0.161 e. The third kappa shape index (κ3) is 3.61. The summed E-state index contributed by atoms with van der Waals surface area (Å²) in [4.78, 5) is 0. The van der Waals surface area contributed by atoms with Gasteiger partial charge in [-0.05, 0) is 37.6 Å². The molecule has 0 unspecified atom stereocenters. The molecule has 1 heterocycles. The second-order valence-electron chi connectivity index (χ2n) is 4.28. The number of rotatable bonds is 5. The summed E-state index contributed by atoms with van der Waals surface area (Å²) < 4.78 is 11.0. The molecule has 0 aromatic heterocycles. The van der Waals surface area contributed by atoms with Gasteiger partial charge in [0, 0.05) is 6.54 Å². The molecule has 0 saturated carbocycles. The van der Waals surface area contributed by atoms with E-state index in [1.165, 1.54) is 5.56 Å². The number of fused-ring (bicyclic) bond motifs is 1. The lowest BCUT2D eigenvalue weighted by atomic mass is 10.1. The summed E-state index contributed by atoms with van der Waals surface area (Å²) in [6.45, 7) is 4.51. The van der Waals surface area contributed by atoms with Crippen LogP contribution >= 0.6 is 0 Å². The van der Waals surface area contributed by atoms with E-state index in [9.17, 15) is 0 Å². The third-order valence-electron chi connectivity index (χ3n) is 2.64. The van der Waals surface area contributed by atoms with Crippen LogP contribution in [-0.4, -0.2) is 37.5 Å². The molecule has 4 heteroatoms. The zero-order chi connectivity index (χ0) is 12.1. The summed E-state index contributed by atoms with van der Waals surface area (Å²) >= 11 is 0. The Morgan fingerprint density at radius 3 is 2.82 bits per heavy atom. The van der Waals surface area contributed by atoms with Crippen LogP contribution in [0.3, 0.4) is 0 Å². The Morgan fingerprint density at radius 2 is 2.06 bits per heavy atom. The van der Waals surface area contributed by atoms with Crippen molar-refractivity contribution < 1.29 is 14.6 Å². The van der Waals surface area contributed by atoms with Gasteiger partial charge in [-0.25, -0.2) is 0 Å². The van der Waals surface area contributed by atoms with Gasteiger partial charge in [-0.15, -0.1) is 0 Å². The molecule has 1 aliphatic rings. The molecule has 0 amide bonds. The Balaban J connectivity index is 1.85. The molecule has 1 aliphatic heterocycles. The lowest BCUT2D eigenvalue weighted by molar-refractivity contribution is 0.171. The zero-order valence-corrected chi connectivity index (χ0v) is 10.1. The number of ether oxygens (including phenoxy) is 2. The molecule has 4 nitrogen and oxygen atoms in total. The molecule has 1 aromatic rings. The minimum absolute atomic E-state index is 0.296. The van der Waals surface area contributed by atoms with Gasteiger partial charge in [0.1, 0.15) is 13.2 Å². The maximum absolute atomic E-state index is 9.11. The highest BCUT2D eigenvalue weighted by molar-refractivity contribution is 5.43. The van der Waals surface area contributed by atoms with Gasteiger partial charge in [0.15, 0.2) is 11.5 Å². The van der Waals surface area contributed by atoms with Crippen molar-refractivity contribution in [3.05, 3.63) is 23.8 Å². The fraction of sp³-hybridized carbons (Fsp3) is 0.538. The van der Waals surface area contributed by atoms with E-state index in [1.807, 2.05) is 12.1 Å². The lowest BCUT2D eigenvalue weighted by Crippen LogP contribution is -2.26. The number of nitrogens with one attached hydrogen (secondary N) is 1. The summed E-state index contributed by atoms with van der Waals surface area (Å²) in [7, 11) is 0. The average Bonchev–Trinajstić information content (AvgIpc) is 2.34. The molecule has 0 saturated heterocycles. The average molecular weight is 237 g/mol. The van der Waals surface area contributed by atoms with E-state index in [4.69, 9.17) is 14.6 Å². The van der Waals surface area contributed by atoms with Gasteiger partial charge >= 0.3 is 0 Å². The number of hydrogen-bond donors (Lipinski definition) is 2. The monoisotopic (exact) mass is 237 g/mol. The van der Waals surface area contributed by atoms with Crippen LogP contribution in [0.1, 0.15) is 12.5 Å². The van der Waals surface area contributed by atoms with E-state index >= 15 is 0 Å². The van der Waals surface area contributed by atoms with Crippen LogP contribution in [0, 0.1) is 0 Å². The van der Waals surface area contributed by atoms with Crippen molar-refractivity contribution in [1.82, 2.24) is 5.32 Å². The molecule has 2 rings (SSSR count). The van der Waals surface area contributed by atoms with E-state index in [1.54, 1.807) is 6.92 Å². The fourth-order valence-corrected chi connectivity index (χ4v) is 1.79. The molecule has 0 spiro atoms. The van der Waals surface area contributed by atoms with Crippen molar-refractivity contribution in [3.63, 3.8) is 0 Å². The minimum atomic E-state index is -0.296. The maximum atomic E-state index is 9.11. The SMILES string of the molecule is C[C@@H](O)CNCCc1ccc2c(c1)OCCO2. The van der Waals surface area contributed by atoms with E-state index in [0.717, 1.165) is 24.5 Å². The van der Waals surface area contributed by atoms with Crippen molar-refractivity contribution in [3.8, 4) is 11.5 Å². The van der Waals surface area contributed by atoms with Crippen LogP contribution in [0.2, 0.25) is 0 Å². The summed E-state index contributed by atoms with van der Waals surface area (Å²) in [5.74, 6) is 1.67. The van der Waals surface area contributed by atoms with Crippen molar-refractivity contribution in [2.45, 2.75) is 19.4 Å². The molecule has 1 aromatic carbocycles. The van der Waals surface area contributed by atoms with Crippen LogP contribution < -0.4 is 14.8 Å². The summed E-state index contributed by atoms with van der Waals surface area (Å²) in [5, 5.41) is 12.3. The quantitative estimate of drug-likeness (QED) is 0.749. The Hall–Kier alpha value is -1.26. The molecule has 0 aliphatic carbocycles. The van der Waals surface area contributed by atoms with Gasteiger partial charge in [0.05, 0.1) is 6.10 Å². The first kappa shape index (κ1) is 12.2. The van der Waals surface area contributed by atoms with Gasteiger partial charge in [-0.2, -0.15) is 0 Å². The topological polar surface area (TPSA) is 50.7 Å². The van der Waals surface area contributed by atoms with Gasteiger partial charge in [0.2, 0.25) is 0 Å². The number of aliphatic hydroxyl groups is 1. The number of aliphatic hydroxyl groups excluding tert-OH is 1. The fourth-order valence-electron chi connectivity index (χ4n) is 1.79. The highest BCUT2D eigenvalue weighted by Crippen LogP contribution is 2.30. The van der Waals surface area contributed by atoms with Crippen molar-refractivity contribution in [2.75, 3.05) is 26.3 Å². The standard InChI is InChI=1S/C13H19NO3/c1-10(15)9-14-5-4-11-2-3-12-13(8-11)17-7-6-16-12/h2-3,8,10,14-15H,4-7,9H2,1H3/t10-/m1/s1. The predicted molar refractivity (Wildman–Crippen MR) is 65.7 cm³/mol. The van der Waals surface area contributed by atoms with Crippen molar-refractivity contribution >= 4 is 0 Å². The van der Waals surface area contributed by atoms with Gasteiger partial charge < -0.3 is 19.9 Å². The predicted octanol–water partition coefficient (Wildman–Crippen LogP) is 0.971. The second-order valence-corrected chi connectivity index (χ2v) is 4.28. The van der Waals surface area contributed by atoms with Crippen molar-refractivity contribution in [1.29, 1.82) is 0 Å². The smallest absolute Gasteiger partial charge is 0.161 e. The Bertz CT molecular complexity index is 366. The Kier molecular flexibility index (Phi) is 4.23. The number of benzene rings is 1. The highest BCUT2D eigenvalue weighted by atomic mass is 16.6. The first-order valence-electron chi connectivity index (χ1n) is 6.03. The van der Waals surface area contributed by atoms with Gasteiger partial charge in [-0.3, -0.25) is 0 Å². The molecule has 1 atom stereocenters. The highest BCUT2D eigenvalue weighted by Gasteiger charge is 2.11. The molecule has 0 radical (unpaired) electrons. The zero-order valence-electron chi connectivity index (χ0n) is 10.1. The van der Waals surface area contributed by atoms with Crippen LogP contribution in [-0.2, 0) is 6.42 Å². The van der Waals surface area contributed by atoms with Crippen LogP contribution in [0.5, 0.6) is 11.5 Å². The molecular formula is C13H19NO3. The van der Waals surface area contributed by atoms with Gasteiger partial charge in [-0.1, -0.05) is 6.07 Å². The van der Waals surface area contributed by atoms with E-state index in [0.29, 0.717) is 19.8 Å². The molecule has 94 valence electrons. The largest absolute Gasteiger partial charge is 0.486 e. The molecular weight excluding hydrogens is 218 g/mol. The lowest BCUT2D eigenvalue weighted by Gasteiger charge is -2.18. The van der Waals surface area contributed by atoms with E-state index in [2.05, 4.69) is 11.4 Å². The summed E-state index contributed by atoms with van der Waals surface area (Å²) in [5.41, 5.74) is 1.22. The Morgan fingerprint density at radius 1 is 1.29 bits per heavy atom. The third-order valence-corrected chi connectivity index (χ3v) is 2.64. The first-order chi connectivity index (χ1) is 8.25. The summed E-state index contributed by atoms with van der Waals surface area (Å²) in [6.07, 6.45) is 0.624. The first-order valence-corrected chi connectivity index (χ1v) is 6.03. The van der Waals surface area contributed by atoms with Crippen LogP contribution in [0.25, 0.3) is 0 Å². The second kappa shape index (κ2) is 5.89.